The number of hydrogen-bond donors (Lipinski definition) is 2. The highest BCUT2D eigenvalue weighted by molar-refractivity contribution is 7.80. The molecule has 0 unspecified atom stereocenters. The van der Waals surface area contributed by atoms with Crippen LogP contribution >= 0.6 is 35.6 Å². The lowest BCUT2D eigenvalue weighted by molar-refractivity contribution is 0.0960. The lowest BCUT2D eigenvalue weighted by Crippen LogP contribution is -2.24. The van der Waals surface area contributed by atoms with Crippen LogP contribution in [0.2, 0.25) is 5.02 Å². The zero-order valence-corrected chi connectivity index (χ0v) is 15.0. The number of amides is 1. The highest BCUT2D eigenvalue weighted by Crippen LogP contribution is 2.29. The fourth-order valence-electron chi connectivity index (χ4n) is 2.35. The van der Waals surface area contributed by atoms with Crippen molar-refractivity contribution >= 4 is 51.7 Å². The van der Waals surface area contributed by atoms with Crippen LogP contribution in [0.3, 0.4) is 0 Å². The monoisotopic (exact) mass is 365 g/mol. The average Bonchev–Trinajstić information content (AvgIpc) is 3.09. The van der Waals surface area contributed by atoms with Crippen LogP contribution < -0.4 is 5.32 Å². The largest absolute Gasteiger partial charge is 0.351 e. The molecule has 2 aromatic heterocycles. The Kier molecular flexibility index (Phi) is 4.94. The Bertz CT molecular complexity index is 839. The Morgan fingerprint density at radius 2 is 2.13 bits per heavy atom. The van der Waals surface area contributed by atoms with Crippen molar-refractivity contribution in [1.82, 2.24) is 15.1 Å². The van der Waals surface area contributed by atoms with Crippen LogP contribution in [-0.4, -0.2) is 28.0 Å². The molecule has 0 aliphatic carbocycles. The maximum Gasteiger partial charge on any atom is 0.261 e. The van der Waals surface area contributed by atoms with Crippen molar-refractivity contribution < 1.29 is 4.79 Å². The van der Waals surface area contributed by atoms with Crippen molar-refractivity contribution in [3.63, 3.8) is 0 Å². The van der Waals surface area contributed by atoms with Gasteiger partial charge in [0.05, 0.1) is 17.1 Å². The zero-order valence-electron chi connectivity index (χ0n) is 12.5. The van der Waals surface area contributed by atoms with Crippen molar-refractivity contribution in [1.29, 1.82) is 0 Å². The number of thiol groups is 1. The number of nitrogens with zero attached hydrogens (tertiary/aromatic N) is 2. The number of fused-ring (bicyclic) bond motifs is 1. The number of benzene rings is 1. The van der Waals surface area contributed by atoms with Crippen molar-refractivity contribution in [2.75, 3.05) is 12.3 Å². The Balaban J connectivity index is 1.90. The maximum atomic E-state index is 12.1. The summed E-state index contributed by atoms with van der Waals surface area (Å²) in [7, 11) is 0. The number of aryl methyl sites for hydroxylation is 1. The first-order valence-corrected chi connectivity index (χ1v) is 9.01. The van der Waals surface area contributed by atoms with Crippen LogP contribution in [-0.2, 0) is 6.54 Å². The van der Waals surface area contributed by atoms with Crippen LogP contribution in [0, 0.1) is 6.92 Å². The number of thiophene rings is 1. The summed E-state index contributed by atoms with van der Waals surface area (Å²) in [4.78, 5) is 13.8. The maximum absolute atomic E-state index is 12.1. The standard InChI is InChI=1S/C16H16ClN3OS2/c1-10-13-8-14(15(21)18-6-7-22)23-16(13)20(19-10)9-11-2-4-12(17)5-3-11/h2-5,8,22H,6-7,9H2,1H3,(H,18,21). The predicted octanol–water partition coefficient (Wildman–Crippen LogP) is 3.77. The molecule has 3 aromatic rings. The smallest absolute Gasteiger partial charge is 0.261 e. The summed E-state index contributed by atoms with van der Waals surface area (Å²) in [6, 6.07) is 9.62. The molecule has 0 saturated carbocycles. The molecule has 0 atom stereocenters. The van der Waals surface area contributed by atoms with Crippen LogP contribution in [0.4, 0.5) is 0 Å². The predicted molar refractivity (Wildman–Crippen MR) is 99.1 cm³/mol. The molecule has 1 amide bonds. The van der Waals surface area contributed by atoms with E-state index in [1.165, 1.54) is 11.3 Å². The van der Waals surface area contributed by atoms with E-state index in [2.05, 4.69) is 23.0 Å². The molecular formula is C16H16ClN3OS2. The Hall–Kier alpha value is -1.50. The van der Waals surface area contributed by atoms with Gasteiger partial charge in [-0.05, 0) is 30.7 Å². The molecule has 1 aromatic carbocycles. The van der Waals surface area contributed by atoms with E-state index in [4.69, 9.17) is 11.6 Å². The summed E-state index contributed by atoms with van der Waals surface area (Å²) in [5.74, 6) is 0.567. The summed E-state index contributed by atoms with van der Waals surface area (Å²) in [6.45, 7) is 3.18. The van der Waals surface area contributed by atoms with Crippen LogP contribution in [0.1, 0.15) is 20.9 Å². The second kappa shape index (κ2) is 6.95. The number of halogens is 1. The summed E-state index contributed by atoms with van der Waals surface area (Å²) in [5.41, 5.74) is 2.05. The highest BCUT2D eigenvalue weighted by atomic mass is 35.5. The lowest BCUT2D eigenvalue weighted by Gasteiger charge is -2.03. The number of nitrogens with one attached hydrogen (secondary N) is 1. The second-order valence-corrected chi connectivity index (χ2v) is 7.09. The molecule has 0 bridgehead atoms. The van der Waals surface area contributed by atoms with Gasteiger partial charge in [0.1, 0.15) is 4.83 Å². The lowest BCUT2D eigenvalue weighted by atomic mass is 10.2. The van der Waals surface area contributed by atoms with Gasteiger partial charge in [-0.3, -0.25) is 9.48 Å². The molecule has 3 rings (SSSR count). The van der Waals surface area contributed by atoms with E-state index in [1.54, 1.807) is 0 Å². The van der Waals surface area contributed by atoms with Crippen molar-refractivity contribution in [3.8, 4) is 0 Å². The first kappa shape index (κ1) is 16.4. The van der Waals surface area contributed by atoms with E-state index in [-0.39, 0.29) is 5.91 Å². The van der Waals surface area contributed by atoms with Crippen molar-refractivity contribution in [2.24, 2.45) is 0 Å². The SMILES string of the molecule is Cc1nn(Cc2ccc(Cl)cc2)c2sc(C(=O)NCCS)cc12. The van der Waals surface area contributed by atoms with E-state index >= 15 is 0 Å². The van der Waals surface area contributed by atoms with Gasteiger partial charge >= 0.3 is 0 Å². The third-order valence-electron chi connectivity index (χ3n) is 3.47. The number of aromatic nitrogens is 2. The van der Waals surface area contributed by atoms with Gasteiger partial charge in [-0.1, -0.05) is 23.7 Å². The van der Waals surface area contributed by atoms with Gasteiger partial charge in [-0.25, -0.2) is 0 Å². The van der Waals surface area contributed by atoms with Crippen molar-refractivity contribution in [3.05, 3.63) is 51.5 Å². The summed E-state index contributed by atoms with van der Waals surface area (Å²) < 4.78 is 1.94. The summed E-state index contributed by atoms with van der Waals surface area (Å²) in [5, 5.41) is 9.17. The normalized spacial score (nSPS) is 11.1. The van der Waals surface area contributed by atoms with Gasteiger partial charge in [0.25, 0.3) is 5.91 Å². The van der Waals surface area contributed by atoms with E-state index in [1.807, 2.05) is 41.9 Å². The first-order valence-electron chi connectivity index (χ1n) is 7.19. The molecule has 0 aliphatic heterocycles. The van der Waals surface area contributed by atoms with Crippen LogP contribution in [0.25, 0.3) is 10.2 Å². The van der Waals surface area contributed by atoms with E-state index in [9.17, 15) is 4.79 Å². The molecule has 0 aliphatic rings. The van der Waals surface area contributed by atoms with Gasteiger partial charge in [0, 0.05) is 22.7 Å². The van der Waals surface area contributed by atoms with E-state index in [0.29, 0.717) is 23.7 Å². The molecule has 2 heterocycles. The van der Waals surface area contributed by atoms with Gasteiger partial charge in [0.15, 0.2) is 0 Å². The average molecular weight is 366 g/mol. The van der Waals surface area contributed by atoms with Crippen LogP contribution in [0.5, 0.6) is 0 Å². The van der Waals surface area contributed by atoms with Gasteiger partial charge < -0.3 is 5.32 Å². The molecule has 0 saturated heterocycles. The third kappa shape index (κ3) is 3.54. The Morgan fingerprint density at radius 1 is 1.39 bits per heavy atom. The number of carbonyl (C=O) groups excluding carboxylic acids is 1. The fraction of sp³-hybridized carbons (Fsp3) is 0.250. The molecule has 0 radical (unpaired) electrons. The molecule has 7 heteroatoms. The second-order valence-electron chi connectivity index (χ2n) is 5.18. The first-order chi connectivity index (χ1) is 11.1. The van der Waals surface area contributed by atoms with Gasteiger partial charge in [-0.2, -0.15) is 17.7 Å². The highest BCUT2D eigenvalue weighted by Gasteiger charge is 2.16. The van der Waals surface area contributed by atoms with Gasteiger partial charge in [0.2, 0.25) is 0 Å². The number of hydrogen-bond acceptors (Lipinski definition) is 4. The molecular weight excluding hydrogens is 350 g/mol. The molecule has 0 fully saturated rings. The minimum absolute atomic E-state index is 0.0577. The quantitative estimate of drug-likeness (QED) is 0.676. The number of carbonyl (C=O) groups is 1. The van der Waals surface area contributed by atoms with Crippen molar-refractivity contribution in [2.45, 2.75) is 13.5 Å². The molecule has 120 valence electrons. The fourth-order valence-corrected chi connectivity index (χ4v) is 3.67. The molecule has 0 spiro atoms. The topological polar surface area (TPSA) is 46.9 Å². The minimum atomic E-state index is -0.0577. The zero-order chi connectivity index (χ0) is 16.4. The Labute approximate surface area is 148 Å². The molecule has 23 heavy (non-hydrogen) atoms. The number of rotatable bonds is 5. The van der Waals surface area contributed by atoms with Crippen LogP contribution in [0.15, 0.2) is 30.3 Å². The third-order valence-corrected chi connectivity index (χ3v) is 5.10. The van der Waals surface area contributed by atoms with E-state index < -0.39 is 0 Å². The molecule has 4 nitrogen and oxygen atoms in total. The van der Waals surface area contributed by atoms with E-state index in [0.717, 1.165) is 26.5 Å². The van der Waals surface area contributed by atoms with Gasteiger partial charge in [-0.15, -0.1) is 11.3 Å². The summed E-state index contributed by atoms with van der Waals surface area (Å²) in [6.07, 6.45) is 0. The minimum Gasteiger partial charge on any atom is -0.351 e. The molecule has 1 N–H and O–H groups in total. The summed E-state index contributed by atoms with van der Waals surface area (Å²) >= 11 is 11.5. The Morgan fingerprint density at radius 3 is 2.83 bits per heavy atom.